The van der Waals surface area contributed by atoms with Crippen LogP contribution in [0.2, 0.25) is 0 Å². The molecule has 1 fully saturated rings. The molecule has 3 rings (SSSR count). The van der Waals surface area contributed by atoms with Crippen LogP contribution in [0.1, 0.15) is 10.4 Å². The Morgan fingerprint density at radius 3 is 2.48 bits per heavy atom. The maximum atomic E-state index is 12.7. The molecule has 1 aromatic carbocycles. The van der Waals surface area contributed by atoms with Crippen LogP contribution in [0.4, 0.5) is 18.9 Å². The number of aromatic nitrogens is 1. The van der Waals surface area contributed by atoms with Crippen LogP contribution in [-0.2, 0) is 0 Å². The third-order valence-electron chi connectivity index (χ3n) is 4.16. The van der Waals surface area contributed by atoms with Crippen molar-refractivity contribution in [3.8, 4) is 11.6 Å². The first-order valence-corrected chi connectivity index (χ1v) is 8.32. The highest BCUT2D eigenvalue weighted by Gasteiger charge is 2.31. The van der Waals surface area contributed by atoms with Gasteiger partial charge < -0.3 is 19.6 Å². The predicted octanol–water partition coefficient (Wildman–Crippen LogP) is 2.69. The topological polar surface area (TPSA) is 65.9 Å². The highest BCUT2D eigenvalue weighted by atomic mass is 19.4. The number of ether oxygens (including phenoxy) is 1. The zero-order valence-corrected chi connectivity index (χ0v) is 14.3. The number of carbonyl (C=O) groups excluding carboxylic acids is 1. The van der Waals surface area contributed by atoms with Crippen molar-refractivity contribution in [1.29, 1.82) is 0 Å². The number of benzene rings is 1. The Balaban J connectivity index is 1.67. The second-order valence-electron chi connectivity index (χ2n) is 6.03. The van der Waals surface area contributed by atoms with Crippen molar-refractivity contribution in [2.75, 3.05) is 37.7 Å². The Hall–Kier alpha value is -2.97. The van der Waals surface area contributed by atoms with Crippen LogP contribution in [0.3, 0.4) is 0 Å². The van der Waals surface area contributed by atoms with Gasteiger partial charge in [-0.3, -0.25) is 4.79 Å². The number of rotatable bonds is 4. The van der Waals surface area contributed by atoms with Gasteiger partial charge in [-0.05, 0) is 24.3 Å². The highest BCUT2D eigenvalue weighted by molar-refractivity contribution is 5.96. The summed E-state index contributed by atoms with van der Waals surface area (Å²) < 4.78 is 41.9. The van der Waals surface area contributed by atoms with Crippen molar-refractivity contribution in [3.05, 3.63) is 48.2 Å². The maximum Gasteiger partial charge on any atom is 0.422 e. The second kappa shape index (κ2) is 7.73. The first-order chi connectivity index (χ1) is 12.8. The number of amides is 1. The molecule has 0 radical (unpaired) electrons. The molecule has 1 aliphatic heterocycles. The average molecular weight is 381 g/mol. The zero-order valence-electron chi connectivity index (χ0n) is 14.3. The van der Waals surface area contributed by atoms with E-state index in [-0.39, 0.29) is 17.2 Å². The molecule has 6 nitrogen and oxygen atoms in total. The Labute approximate surface area is 153 Å². The molecule has 0 saturated carbocycles. The van der Waals surface area contributed by atoms with Crippen molar-refractivity contribution in [2.45, 2.75) is 6.18 Å². The molecule has 1 aromatic heterocycles. The van der Waals surface area contributed by atoms with Gasteiger partial charge in [0, 0.05) is 32.4 Å². The minimum absolute atomic E-state index is 0.00208. The largest absolute Gasteiger partial charge is 0.506 e. The number of hydrogen-bond acceptors (Lipinski definition) is 5. The van der Waals surface area contributed by atoms with Gasteiger partial charge in [0.2, 0.25) is 5.88 Å². The number of aromatic hydroxyl groups is 1. The molecule has 0 unspecified atom stereocenters. The third-order valence-corrected chi connectivity index (χ3v) is 4.16. The fourth-order valence-electron chi connectivity index (χ4n) is 2.87. The van der Waals surface area contributed by atoms with Crippen LogP contribution in [0.5, 0.6) is 11.6 Å². The fraction of sp³-hybridized carbons (Fsp3) is 0.333. The molecular formula is C18H18F3N3O3. The van der Waals surface area contributed by atoms with E-state index in [0.29, 0.717) is 31.9 Å². The van der Waals surface area contributed by atoms with Gasteiger partial charge in [-0.1, -0.05) is 12.1 Å². The van der Waals surface area contributed by atoms with Crippen molar-refractivity contribution < 1.29 is 27.8 Å². The number of alkyl halides is 3. The molecule has 1 N–H and O–H groups in total. The van der Waals surface area contributed by atoms with E-state index in [9.17, 15) is 23.1 Å². The Bertz CT molecular complexity index is 806. The Kier molecular flexibility index (Phi) is 5.38. The summed E-state index contributed by atoms with van der Waals surface area (Å²) in [5.74, 6) is -0.604. The first kappa shape index (κ1) is 18.8. The normalized spacial score (nSPS) is 14.9. The third kappa shape index (κ3) is 4.60. The number of nitrogens with zero attached hydrogens (tertiary/aromatic N) is 3. The number of phenolic OH excluding ortho intramolecular Hbond substituents is 1. The van der Waals surface area contributed by atoms with Gasteiger partial charge in [0.05, 0.1) is 5.69 Å². The van der Waals surface area contributed by atoms with Crippen molar-refractivity contribution in [3.63, 3.8) is 0 Å². The molecule has 0 spiro atoms. The lowest BCUT2D eigenvalue weighted by atomic mass is 10.2. The number of para-hydroxylation sites is 2. The SMILES string of the molecule is O=C(c1cccnc1OCC(F)(F)F)N1CCN(c2ccccc2O)CC1. The van der Waals surface area contributed by atoms with Crippen molar-refractivity contribution in [1.82, 2.24) is 9.88 Å². The van der Waals surface area contributed by atoms with Gasteiger partial charge >= 0.3 is 6.18 Å². The molecule has 9 heteroatoms. The van der Waals surface area contributed by atoms with Gasteiger partial charge in [0.25, 0.3) is 5.91 Å². The van der Waals surface area contributed by atoms with Gasteiger partial charge in [-0.15, -0.1) is 0 Å². The van der Waals surface area contributed by atoms with E-state index >= 15 is 0 Å². The number of carbonyl (C=O) groups is 1. The van der Waals surface area contributed by atoms with E-state index in [4.69, 9.17) is 4.74 Å². The van der Waals surface area contributed by atoms with Crippen LogP contribution < -0.4 is 9.64 Å². The fourth-order valence-corrected chi connectivity index (χ4v) is 2.87. The molecule has 27 heavy (non-hydrogen) atoms. The van der Waals surface area contributed by atoms with Gasteiger partial charge in [-0.2, -0.15) is 13.2 Å². The minimum atomic E-state index is -4.51. The van der Waals surface area contributed by atoms with Crippen LogP contribution in [-0.4, -0.2) is 59.9 Å². The molecular weight excluding hydrogens is 363 g/mol. The molecule has 1 saturated heterocycles. The number of piperazine rings is 1. The van der Waals surface area contributed by atoms with E-state index in [2.05, 4.69) is 4.98 Å². The summed E-state index contributed by atoms with van der Waals surface area (Å²) >= 11 is 0. The number of anilines is 1. The molecule has 0 bridgehead atoms. The zero-order chi connectivity index (χ0) is 19.4. The van der Waals surface area contributed by atoms with Crippen LogP contribution >= 0.6 is 0 Å². The number of phenols is 1. The van der Waals surface area contributed by atoms with E-state index in [1.165, 1.54) is 23.2 Å². The smallest absolute Gasteiger partial charge is 0.422 e. The summed E-state index contributed by atoms with van der Waals surface area (Å²) in [6.07, 6.45) is -3.24. The molecule has 0 aliphatic carbocycles. The van der Waals surface area contributed by atoms with Gasteiger partial charge in [0.15, 0.2) is 6.61 Å². The van der Waals surface area contributed by atoms with E-state index in [0.717, 1.165) is 0 Å². The van der Waals surface area contributed by atoms with Gasteiger partial charge in [0.1, 0.15) is 11.3 Å². The lowest BCUT2D eigenvalue weighted by Gasteiger charge is -2.36. The average Bonchev–Trinajstić information content (AvgIpc) is 2.66. The minimum Gasteiger partial charge on any atom is -0.506 e. The number of pyridine rings is 1. The number of halogens is 3. The van der Waals surface area contributed by atoms with Crippen LogP contribution in [0.15, 0.2) is 42.6 Å². The lowest BCUT2D eigenvalue weighted by Crippen LogP contribution is -2.49. The Morgan fingerprint density at radius 1 is 1.11 bits per heavy atom. The molecule has 0 atom stereocenters. The summed E-state index contributed by atoms with van der Waals surface area (Å²) in [5.41, 5.74) is 0.679. The second-order valence-corrected chi connectivity index (χ2v) is 6.03. The molecule has 1 amide bonds. The summed E-state index contributed by atoms with van der Waals surface area (Å²) in [6.45, 7) is 0.192. The summed E-state index contributed by atoms with van der Waals surface area (Å²) in [7, 11) is 0. The molecule has 2 aromatic rings. The highest BCUT2D eigenvalue weighted by Crippen LogP contribution is 2.28. The van der Waals surface area contributed by atoms with Crippen molar-refractivity contribution in [2.24, 2.45) is 0 Å². The first-order valence-electron chi connectivity index (χ1n) is 8.32. The van der Waals surface area contributed by atoms with Crippen LogP contribution in [0.25, 0.3) is 0 Å². The molecule has 1 aliphatic rings. The monoisotopic (exact) mass is 381 g/mol. The summed E-state index contributed by atoms with van der Waals surface area (Å²) in [4.78, 5) is 20.0. The predicted molar refractivity (Wildman–Crippen MR) is 92.0 cm³/mol. The molecule has 144 valence electrons. The lowest BCUT2D eigenvalue weighted by molar-refractivity contribution is -0.154. The number of hydrogen-bond donors (Lipinski definition) is 1. The Morgan fingerprint density at radius 2 is 1.81 bits per heavy atom. The standard InChI is InChI=1S/C18H18F3N3O3/c19-18(20,21)12-27-16-13(4-3-7-22-16)17(26)24-10-8-23(9-11-24)14-5-1-2-6-15(14)25/h1-7,25H,8-12H2. The van der Waals surface area contributed by atoms with Crippen LogP contribution in [0, 0.1) is 0 Å². The van der Waals surface area contributed by atoms with E-state index in [1.54, 1.807) is 18.2 Å². The molecule has 2 heterocycles. The maximum absolute atomic E-state index is 12.7. The van der Waals surface area contributed by atoms with E-state index in [1.807, 2.05) is 11.0 Å². The summed E-state index contributed by atoms with van der Waals surface area (Å²) in [5, 5.41) is 9.94. The van der Waals surface area contributed by atoms with E-state index < -0.39 is 18.7 Å². The quantitative estimate of drug-likeness (QED) is 0.882. The van der Waals surface area contributed by atoms with Crippen molar-refractivity contribution >= 4 is 11.6 Å². The summed E-state index contributed by atoms with van der Waals surface area (Å²) in [6, 6.07) is 9.79. The van der Waals surface area contributed by atoms with Gasteiger partial charge in [-0.25, -0.2) is 4.98 Å².